The van der Waals surface area contributed by atoms with E-state index in [0.29, 0.717) is 11.4 Å². The van der Waals surface area contributed by atoms with Crippen molar-refractivity contribution in [1.29, 1.82) is 0 Å². The molecule has 0 spiro atoms. The van der Waals surface area contributed by atoms with Gasteiger partial charge in [0.15, 0.2) is 0 Å². The maximum absolute atomic E-state index is 13.7. The molecule has 82 valence electrons. The third-order valence-electron chi connectivity index (χ3n) is 3.19. The lowest BCUT2D eigenvalue weighted by atomic mass is 9.91. The zero-order valence-corrected chi connectivity index (χ0v) is 10.4. The van der Waals surface area contributed by atoms with E-state index in [0.717, 1.165) is 11.3 Å². The Bertz CT molecular complexity index is 349. The molecule has 3 heteroatoms. The van der Waals surface area contributed by atoms with E-state index >= 15 is 0 Å². The predicted octanol–water partition coefficient (Wildman–Crippen LogP) is 3.71. The van der Waals surface area contributed by atoms with Gasteiger partial charge in [-0.2, -0.15) is 0 Å². The van der Waals surface area contributed by atoms with Crippen molar-refractivity contribution in [2.75, 3.05) is 11.9 Å². The molecule has 1 aliphatic rings. The molecule has 1 fully saturated rings. The average molecular weight is 272 g/mol. The highest BCUT2D eigenvalue weighted by Gasteiger charge is 2.25. The van der Waals surface area contributed by atoms with Crippen LogP contribution in [-0.4, -0.2) is 13.1 Å². The second-order valence-electron chi connectivity index (χ2n) is 4.08. The lowest BCUT2D eigenvalue weighted by Gasteiger charge is -2.37. The van der Waals surface area contributed by atoms with Gasteiger partial charge in [0.05, 0.1) is 5.69 Å². The highest BCUT2D eigenvalue weighted by Crippen LogP contribution is 2.32. The molecule has 0 aliphatic heterocycles. The van der Waals surface area contributed by atoms with Crippen molar-refractivity contribution in [1.82, 2.24) is 0 Å². The van der Waals surface area contributed by atoms with Crippen molar-refractivity contribution in [3.05, 3.63) is 29.6 Å². The van der Waals surface area contributed by atoms with Gasteiger partial charge in [0.2, 0.25) is 0 Å². The Morgan fingerprint density at radius 3 is 2.73 bits per heavy atom. The molecule has 0 bridgehead atoms. The van der Waals surface area contributed by atoms with Crippen LogP contribution in [0.1, 0.15) is 24.8 Å². The summed E-state index contributed by atoms with van der Waals surface area (Å²) in [6, 6.07) is 5.81. The Kier molecular flexibility index (Phi) is 3.29. The molecule has 1 saturated carbocycles. The van der Waals surface area contributed by atoms with Crippen LogP contribution in [-0.2, 0) is 5.33 Å². The highest BCUT2D eigenvalue weighted by molar-refractivity contribution is 9.08. The van der Waals surface area contributed by atoms with E-state index in [-0.39, 0.29) is 5.82 Å². The Hall–Kier alpha value is -0.570. The molecule has 1 aliphatic carbocycles. The number of rotatable bonds is 3. The summed E-state index contributed by atoms with van der Waals surface area (Å²) in [4.78, 5) is 2.09. The van der Waals surface area contributed by atoms with E-state index in [2.05, 4.69) is 20.8 Å². The van der Waals surface area contributed by atoms with Crippen molar-refractivity contribution in [2.24, 2.45) is 0 Å². The topological polar surface area (TPSA) is 3.24 Å². The minimum Gasteiger partial charge on any atom is -0.369 e. The van der Waals surface area contributed by atoms with Crippen molar-refractivity contribution < 1.29 is 4.39 Å². The first-order valence-electron chi connectivity index (χ1n) is 5.30. The molecular formula is C12H15BrFN. The maximum Gasteiger partial charge on any atom is 0.146 e. The number of hydrogen-bond acceptors (Lipinski definition) is 1. The minimum absolute atomic E-state index is 0.110. The van der Waals surface area contributed by atoms with Crippen molar-refractivity contribution in [2.45, 2.75) is 30.6 Å². The third-order valence-corrected chi connectivity index (χ3v) is 3.79. The van der Waals surface area contributed by atoms with Crippen LogP contribution in [0.15, 0.2) is 18.2 Å². The molecule has 0 amide bonds. The maximum atomic E-state index is 13.7. The molecule has 0 N–H and O–H groups in total. The summed E-state index contributed by atoms with van der Waals surface area (Å²) in [6.07, 6.45) is 3.65. The first kappa shape index (κ1) is 10.9. The summed E-state index contributed by atoms with van der Waals surface area (Å²) in [5.41, 5.74) is 1.79. The lowest BCUT2D eigenvalue weighted by Crippen LogP contribution is -2.38. The molecule has 1 aromatic rings. The Morgan fingerprint density at radius 2 is 2.20 bits per heavy atom. The number of benzene rings is 1. The van der Waals surface area contributed by atoms with Gasteiger partial charge in [-0.25, -0.2) is 4.39 Å². The molecule has 0 unspecified atom stereocenters. The van der Waals surface area contributed by atoms with Crippen molar-refractivity contribution in [3.63, 3.8) is 0 Å². The molecular weight excluding hydrogens is 257 g/mol. The van der Waals surface area contributed by atoms with E-state index in [9.17, 15) is 4.39 Å². The monoisotopic (exact) mass is 271 g/mol. The summed E-state index contributed by atoms with van der Waals surface area (Å²) in [7, 11) is 1.99. The zero-order valence-electron chi connectivity index (χ0n) is 8.84. The molecule has 1 nitrogen and oxygen atoms in total. The van der Waals surface area contributed by atoms with Gasteiger partial charge in [0, 0.05) is 18.4 Å². The molecule has 0 atom stereocenters. The first-order valence-corrected chi connectivity index (χ1v) is 6.42. The number of para-hydroxylation sites is 1. The van der Waals surface area contributed by atoms with Gasteiger partial charge in [-0.1, -0.05) is 28.1 Å². The molecule has 0 radical (unpaired) electrons. The molecule has 0 aromatic heterocycles. The highest BCUT2D eigenvalue weighted by atomic mass is 79.9. The van der Waals surface area contributed by atoms with Gasteiger partial charge in [-0.05, 0) is 30.9 Å². The number of hydrogen-bond donors (Lipinski definition) is 0. The number of halogens is 2. The van der Waals surface area contributed by atoms with E-state index in [1.54, 1.807) is 6.07 Å². The zero-order chi connectivity index (χ0) is 10.8. The fourth-order valence-corrected chi connectivity index (χ4v) is 2.47. The van der Waals surface area contributed by atoms with Crippen LogP contribution in [0.5, 0.6) is 0 Å². The SMILES string of the molecule is CN(c1c(F)cccc1CBr)C1CCC1. The normalized spacial score (nSPS) is 16.2. The third kappa shape index (κ3) is 2.03. The van der Waals surface area contributed by atoms with Gasteiger partial charge in [0.25, 0.3) is 0 Å². The summed E-state index contributed by atoms with van der Waals surface area (Å²) in [5.74, 6) is -0.110. The molecule has 15 heavy (non-hydrogen) atoms. The first-order chi connectivity index (χ1) is 7.24. The fraction of sp³-hybridized carbons (Fsp3) is 0.500. The van der Waals surface area contributed by atoms with Crippen LogP contribution in [0.2, 0.25) is 0 Å². The Morgan fingerprint density at radius 1 is 1.47 bits per heavy atom. The van der Waals surface area contributed by atoms with Crippen LogP contribution in [0.4, 0.5) is 10.1 Å². The van der Waals surface area contributed by atoms with Gasteiger partial charge < -0.3 is 4.90 Å². The smallest absolute Gasteiger partial charge is 0.146 e. The van der Waals surface area contributed by atoms with Gasteiger partial charge in [0.1, 0.15) is 5.82 Å². The molecule has 0 saturated heterocycles. The summed E-state index contributed by atoms with van der Waals surface area (Å²) < 4.78 is 13.7. The molecule has 1 aromatic carbocycles. The summed E-state index contributed by atoms with van der Waals surface area (Å²) in [5, 5.41) is 0.706. The van der Waals surface area contributed by atoms with Gasteiger partial charge >= 0.3 is 0 Å². The Balaban J connectivity index is 2.31. The van der Waals surface area contributed by atoms with Crippen LogP contribution in [0.25, 0.3) is 0 Å². The summed E-state index contributed by atoms with van der Waals surface area (Å²) in [6.45, 7) is 0. The minimum atomic E-state index is -0.110. The summed E-state index contributed by atoms with van der Waals surface area (Å²) >= 11 is 3.41. The van der Waals surface area contributed by atoms with Crippen molar-refractivity contribution >= 4 is 21.6 Å². The standard InChI is InChI=1S/C12H15BrFN/c1-15(10-5-3-6-10)12-9(8-13)4-2-7-11(12)14/h2,4,7,10H,3,5-6,8H2,1H3. The van der Waals surface area contributed by atoms with Gasteiger partial charge in [-0.15, -0.1) is 0 Å². The molecule has 0 heterocycles. The predicted molar refractivity (Wildman–Crippen MR) is 65.1 cm³/mol. The fourth-order valence-electron chi connectivity index (χ4n) is 2.02. The van der Waals surface area contributed by atoms with E-state index in [1.165, 1.54) is 25.3 Å². The van der Waals surface area contributed by atoms with E-state index in [1.807, 2.05) is 13.1 Å². The van der Waals surface area contributed by atoms with Crippen LogP contribution in [0, 0.1) is 5.82 Å². The number of anilines is 1. The van der Waals surface area contributed by atoms with Crippen LogP contribution < -0.4 is 4.90 Å². The number of alkyl halides is 1. The largest absolute Gasteiger partial charge is 0.369 e. The van der Waals surface area contributed by atoms with Crippen LogP contribution in [0.3, 0.4) is 0 Å². The number of nitrogens with zero attached hydrogens (tertiary/aromatic N) is 1. The van der Waals surface area contributed by atoms with Crippen molar-refractivity contribution in [3.8, 4) is 0 Å². The second-order valence-corrected chi connectivity index (χ2v) is 4.64. The van der Waals surface area contributed by atoms with E-state index < -0.39 is 0 Å². The lowest BCUT2D eigenvalue weighted by molar-refractivity contribution is 0.397. The second kappa shape index (κ2) is 4.52. The van der Waals surface area contributed by atoms with Crippen LogP contribution >= 0.6 is 15.9 Å². The Labute approximate surface area is 98.4 Å². The molecule has 2 rings (SSSR count). The van der Waals surface area contributed by atoms with Gasteiger partial charge in [-0.3, -0.25) is 0 Å². The van der Waals surface area contributed by atoms with E-state index in [4.69, 9.17) is 0 Å². The average Bonchev–Trinajstić information content (AvgIpc) is 2.14. The quantitative estimate of drug-likeness (QED) is 0.758.